The van der Waals surface area contributed by atoms with Crippen molar-refractivity contribution in [3.63, 3.8) is 0 Å². The van der Waals surface area contributed by atoms with E-state index in [4.69, 9.17) is 28.4 Å². The number of ether oxygens (including phenoxy) is 6. The van der Waals surface area contributed by atoms with Gasteiger partial charge >= 0.3 is 5.36 Å². The van der Waals surface area contributed by atoms with E-state index in [9.17, 15) is 19.9 Å². The number of Topliss-reactive ketones (excluding diaryl/α,β-unsaturated/α-hetero) is 1. The summed E-state index contributed by atoms with van der Waals surface area (Å²) in [5.41, 5.74) is 12.0. The molecule has 0 spiro atoms. The number of carbonyl (C=O) groups excluding carboxylic acids is 1. The first-order valence-electron chi connectivity index (χ1n) is 14.3. The van der Waals surface area contributed by atoms with Crippen LogP contribution >= 0.6 is 0 Å². The Hall–Kier alpha value is -4.25. The molecule has 0 amide bonds. The van der Waals surface area contributed by atoms with Gasteiger partial charge in [-0.05, 0) is 50.5 Å². The highest BCUT2D eigenvalue weighted by atomic mass is 16.7. The summed E-state index contributed by atoms with van der Waals surface area (Å²) in [6, 6.07) is 7.03. The molecule has 228 valence electrons. The van der Waals surface area contributed by atoms with Crippen LogP contribution in [0.5, 0.6) is 11.5 Å². The zero-order valence-electron chi connectivity index (χ0n) is 25.4. The number of methoxy groups -OCH3 is 2. The highest BCUT2D eigenvalue weighted by molar-refractivity contribution is 6.02. The van der Waals surface area contributed by atoms with Crippen LogP contribution in [0.25, 0.3) is 16.3 Å². The Morgan fingerprint density at radius 3 is 2.00 bits per heavy atom. The van der Waals surface area contributed by atoms with E-state index in [1.165, 1.54) is 26.4 Å². The first kappa shape index (κ1) is 29.8. The number of hydrogen-bond donors (Lipinski definition) is 0. The third-order valence-corrected chi connectivity index (χ3v) is 8.72. The molecule has 0 bridgehead atoms. The van der Waals surface area contributed by atoms with E-state index in [2.05, 4.69) is 4.79 Å². The van der Waals surface area contributed by atoms with Gasteiger partial charge in [0.2, 0.25) is 5.43 Å². The summed E-state index contributed by atoms with van der Waals surface area (Å²) in [5, 5.41) is -0.727. The first-order valence-corrected chi connectivity index (χ1v) is 14.3. The minimum Gasteiger partial charge on any atom is -0.467 e. The summed E-state index contributed by atoms with van der Waals surface area (Å²) in [7, 11) is 2.84. The summed E-state index contributed by atoms with van der Waals surface area (Å²) >= 11 is 0. The minimum absolute atomic E-state index is 0.00613. The van der Waals surface area contributed by atoms with E-state index in [0.717, 1.165) is 22.3 Å². The molecule has 3 atom stereocenters. The van der Waals surface area contributed by atoms with Gasteiger partial charge in [0.1, 0.15) is 28.4 Å². The number of rotatable bonds is 8. The van der Waals surface area contributed by atoms with Crippen molar-refractivity contribution in [2.24, 2.45) is 0 Å². The zero-order chi connectivity index (χ0) is 31.5. The second kappa shape index (κ2) is 11.0. The maximum absolute atomic E-state index is 14.4. The van der Waals surface area contributed by atoms with Gasteiger partial charge < -0.3 is 34.0 Å². The summed E-state index contributed by atoms with van der Waals surface area (Å²) in [6.45, 7) is 7.43. The van der Waals surface area contributed by atoms with E-state index >= 15 is 0 Å². The van der Waals surface area contributed by atoms with Gasteiger partial charge in [0.05, 0.1) is 21.6 Å². The fraction of sp³-hybridized carbons (Fsp3) is 0.394. The molecule has 0 radical (unpaired) electrons. The standard InChI is InChI=1S/C33H32N2O9/c1-7-33-12-18(36)22-25-26(30(38)24-20(42-14-40-6)9-8-19(41-13-39-5)23(24)29(25)37)28(35-34)27(22)31(33)43-32(44-33)21-16(3)10-15(2)11-17(21)4/h8-11,31-32H,7,12-14H2,1-6H3/t31-,32-,33+/m1/s1. The number of carbonyl (C=O) groups is 1. The first-order chi connectivity index (χ1) is 21.1. The van der Waals surface area contributed by atoms with Gasteiger partial charge in [-0.25, -0.2) is 0 Å². The molecule has 6 rings (SSSR count). The smallest absolute Gasteiger partial charge is 0.333 e. The largest absolute Gasteiger partial charge is 0.467 e. The van der Waals surface area contributed by atoms with E-state index in [0.29, 0.717) is 6.42 Å². The predicted molar refractivity (Wildman–Crippen MR) is 156 cm³/mol. The lowest BCUT2D eigenvalue weighted by Gasteiger charge is -2.34. The van der Waals surface area contributed by atoms with Gasteiger partial charge in [0, 0.05) is 31.8 Å². The molecule has 0 aromatic heterocycles. The summed E-state index contributed by atoms with van der Waals surface area (Å²) in [4.78, 5) is 46.2. The van der Waals surface area contributed by atoms with Crippen LogP contribution in [0.2, 0.25) is 0 Å². The van der Waals surface area contributed by atoms with E-state index in [-0.39, 0.29) is 69.2 Å². The Bertz CT molecular complexity index is 2070. The number of hydrogen-bond acceptors (Lipinski definition) is 9. The molecule has 1 aliphatic heterocycles. The quantitative estimate of drug-likeness (QED) is 0.168. The fourth-order valence-corrected chi connectivity index (χ4v) is 6.94. The summed E-state index contributed by atoms with van der Waals surface area (Å²) < 4.78 is 34.6. The van der Waals surface area contributed by atoms with Crippen LogP contribution in [0.1, 0.15) is 70.3 Å². The predicted octanol–water partition coefficient (Wildman–Crippen LogP) is 3.70. The molecule has 0 N–H and O–H groups in total. The molecule has 44 heavy (non-hydrogen) atoms. The molecular formula is C33H32N2O9. The molecule has 2 aromatic rings. The molecule has 0 unspecified atom stereocenters. The van der Waals surface area contributed by atoms with Crippen LogP contribution in [-0.2, 0) is 18.9 Å². The molecule has 0 saturated carbocycles. The molecule has 3 aliphatic carbocycles. The maximum Gasteiger partial charge on any atom is 0.333 e. The van der Waals surface area contributed by atoms with Crippen molar-refractivity contribution in [3.05, 3.63) is 99.4 Å². The lowest BCUT2D eigenvalue weighted by atomic mass is 9.77. The van der Waals surface area contributed by atoms with Crippen molar-refractivity contribution >= 4 is 16.6 Å². The molecule has 1 saturated heterocycles. The Balaban J connectivity index is 1.69. The van der Waals surface area contributed by atoms with Crippen molar-refractivity contribution in [1.82, 2.24) is 0 Å². The van der Waals surface area contributed by atoms with Crippen LogP contribution in [-0.4, -0.2) is 44.0 Å². The van der Waals surface area contributed by atoms with Gasteiger partial charge in [0.15, 0.2) is 31.1 Å². The van der Waals surface area contributed by atoms with Crippen molar-refractivity contribution in [2.75, 3.05) is 27.8 Å². The van der Waals surface area contributed by atoms with Crippen molar-refractivity contribution in [3.8, 4) is 11.5 Å². The number of aryl methyl sites for hydroxylation is 3. The lowest BCUT2D eigenvalue weighted by molar-refractivity contribution is -0.0940. The summed E-state index contributed by atoms with van der Waals surface area (Å²) in [6.07, 6.45) is -1.44. The van der Waals surface area contributed by atoms with E-state index in [1.807, 2.05) is 39.8 Å². The van der Waals surface area contributed by atoms with Crippen molar-refractivity contribution in [2.45, 2.75) is 58.5 Å². The zero-order valence-corrected chi connectivity index (χ0v) is 25.4. The average molecular weight is 601 g/mol. The molecule has 2 aromatic carbocycles. The fourth-order valence-electron chi connectivity index (χ4n) is 6.94. The van der Waals surface area contributed by atoms with Crippen LogP contribution in [0.15, 0.2) is 33.9 Å². The van der Waals surface area contributed by atoms with Crippen LogP contribution < -0.4 is 25.7 Å². The molecule has 11 nitrogen and oxygen atoms in total. The average Bonchev–Trinajstić information content (AvgIpc) is 3.54. The van der Waals surface area contributed by atoms with Crippen molar-refractivity contribution in [1.29, 1.82) is 0 Å². The highest BCUT2D eigenvalue weighted by Gasteiger charge is 2.57. The number of nitrogens with zero attached hydrogens (tertiary/aromatic N) is 2. The normalized spacial score (nSPS) is 21.0. The van der Waals surface area contributed by atoms with Crippen LogP contribution in [0, 0.1) is 31.2 Å². The Kier molecular flexibility index (Phi) is 7.47. The monoisotopic (exact) mass is 600 g/mol. The molecule has 11 heteroatoms. The summed E-state index contributed by atoms with van der Waals surface area (Å²) in [5.74, 6) is -0.273. The van der Waals surface area contributed by atoms with Crippen molar-refractivity contribution < 1.29 is 38.0 Å². The van der Waals surface area contributed by atoms with Crippen LogP contribution in [0.3, 0.4) is 0 Å². The second-order valence-corrected chi connectivity index (χ2v) is 11.4. The Morgan fingerprint density at radius 2 is 1.48 bits per heavy atom. The second-order valence-electron chi connectivity index (χ2n) is 11.4. The van der Waals surface area contributed by atoms with Gasteiger partial charge in [-0.3, -0.25) is 14.4 Å². The molecular weight excluding hydrogens is 568 g/mol. The lowest BCUT2D eigenvalue weighted by Crippen LogP contribution is -2.42. The van der Waals surface area contributed by atoms with Gasteiger partial charge in [-0.15, -0.1) is 0 Å². The van der Waals surface area contributed by atoms with Gasteiger partial charge in [-0.1, -0.05) is 24.6 Å². The molecule has 1 heterocycles. The van der Waals surface area contributed by atoms with E-state index < -0.39 is 34.6 Å². The number of ketones is 1. The highest BCUT2D eigenvalue weighted by Crippen LogP contribution is 2.54. The molecule has 1 fully saturated rings. The SMILES string of the molecule is CC[C@]12CC(=O)c3c(c(=[N+]=[N-])c4c(=O)c5c(OCOC)ccc(OCOC)c5c(=O)c3=4)[C@H]1O[C@@H](c1c(C)cc(C)cc1C)O2. The third kappa shape index (κ3) is 4.23. The third-order valence-electron chi connectivity index (χ3n) is 8.72. The van der Waals surface area contributed by atoms with E-state index in [1.54, 1.807) is 0 Å². The minimum atomic E-state index is -1.12. The maximum atomic E-state index is 14.4. The topological polar surface area (TPSA) is 143 Å². The van der Waals surface area contributed by atoms with Gasteiger partial charge in [-0.2, -0.15) is 4.79 Å². The number of fused-ring (bicyclic) bond motifs is 5. The molecule has 4 aliphatic rings. The number of benzene rings is 2. The van der Waals surface area contributed by atoms with Crippen LogP contribution in [0.4, 0.5) is 0 Å². The van der Waals surface area contributed by atoms with Gasteiger partial charge in [0.25, 0.3) is 0 Å². The Labute approximate surface area is 251 Å². The Morgan fingerprint density at radius 1 is 0.909 bits per heavy atom.